The SMILES string of the molecule is CN(C)S(=O)(=O)NCCCC[C@H]1CCCO1. The van der Waals surface area contributed by atoms with Crippen molar-refractivity contribution in [3.8, 4) is 0 Å². The first-order valence-electron chi connectivity index (χ1n) is 5.81. The quantitative estimate of drug-likeness (QED) is 0.678. The van der Waals surface area contributed by atoms with Crippen molar-refractivity contribution in [2.75, 3.05) is 27.2 Å². The maximum absolute atomic E-state index is 11.3. The Morgan fingerprint density at radius 1 is 1.38 bits per heavy atom. The van der Waals surface area contributed by atoms with Crippen LogP contribution in [0.4, 0.5) is 0 Å². The van der Waals surface area contributed by atoms with Crippen LogP contribution in [0.2, 0.25) is 0 Å². The summed E-state index contributed by atoms with van der Waals surface area (Å²) in [5.74, 6) is 0. The molecule has 0 aromatic heterocycles. The summed E-state index contributed by atoms with van der Waals surface area (Å²) in [5.41, 5.74) is 0. The Morgan fingerprint density at radius 3 is 2.69 bits per heavy atom. The predicted octanol–water partition coefficient (Wildman–Crippen LogP) is 0.732. The van der Waals surface area contributed by atoms with E-state index < -0.39 is 10.2 Å². The molecule has 16 heavy (non-hydrogen) atoms. The van der Waals surface area contributed by atoms with Crippen LogP contribution < -0.4 is 4.72 Å². The monoisotopic (exact) mass is 250 g/mol. The van der Waals surface area contributed by atoms with E-state index >= 15 is 0 Å². The molecule has 0 unspecified atom stereocenters. The van der Waals surface area contributed by atoms with E-state index in [9.17, 15) is 8.42 Å². The summed E-state index contributed by atoms with van der Waals surface area (Å²) in [6.07, 6.45) is 5.66. The number of ether oxygens (including phenoxy) is 1. The molecule has 0 saturated carbocycles. The van der Waals surface area contributed by atoms with Crippen molar-refractivity contribution in [2.24, 2.45) is 0 Å². The van der Waals surface area contributed by atoms with Crippen LogP contribution in [0.1, 0.15) is 32.1 Å². The number of rotatable bonds is 7. The summed E-state index contributed by atoms with van der Waals surface area (Å²) in [7, 11) is -0.201. The molecular weight excluding hydrogens is 228 g/mol. The number of hydrogen-bond acceptors (Lipinski definition) is 3. The molecule has 0 aliphatic carbocycles. The second-order valence-electron chi connectivity index (χ2n) is 4.31. The van der Waals surface area contributed by atoms with Gasteiger partial charge in [0.15, 0.2) is 0 Å². The highest BCUT2D eigenvalue weighted by molar-refractivity contribution is 7.87. The van der Waals surface area contributed by atoms with Crippen molar-refractivity contribution < 1.29 is 13.2 Å². The van der Waals surface area contributed by atoms with Crippen LogP contribution in [0.5, 0.6) is 0 Å². The summed E-state index contributed by atoms with van der Waals surface area (Å²) in [5, 5.41) is 0. The Hall–Kier alpha value is -0.170. The maximum Gasteiger partial charge on any atom is 0.278 e. The zero-order valence-electron chi connectivity index (χ0n) is 10.1. The highest BCUT2D eigenvalue weighted by Crippen LogP contribution is 2.17. The highest BCUT2D eigenvalue weighted by Gasteiger charge is 2.15. The standard InChI is InChI=1S/C10H22N2O3S/c1-12(2)16(13,14)11-8-4-3-6-10-7-5-9-15-10/h10-11H,3-9H2,1-2H3/t10-/m0/s1. The Kier molecular flexibility index (Phi) is 5.68. The first-order chi connectivity index (χ1) is 7.52. The van der Waals surface area contributed by atoms with E-state index in [1.807, 2.05) is 0 Å². The zero-order valence-corrected chi connectivity index (χ0v) is 10.9. The van der Waals surface area contributed by atoms with Crippen LogP contribution in [-0.4, -0.2) is 46.1 Å². The number of unbranched alkanes of at least 4 members (excludes halogenated alkanes) is 1. The highest BCUT2D eigenvalue weighted by atomic mass is 32.2. The first kappa shape index (κ1) is 13.9. The molecular formula is C10H22N2O3S. The topological polar surface area (TPSA) is 58.6 Å². The van der Waals surface area contributed by atoms with Crippen LogP contribution in [0.3, 0.4) is 0 Å². The van der Waals surface area contributed by atoms with Crippen LogP contribution in [0.15, 0.2) is 0 Å². The second-order valence-corrected chi connectivity index (χ2v) is 6.28. The average Bonchev–Trinajstić information content (AvgIpc) is 2.69. The molecule has 1 fully saturated rings. The Morgan fingerprint density at radius 2 is 2.12 bits per heavy atom. The third-order valence-electron chi connectivity index (χ3n) is 2.74. The fraction of sp³-hybridized carbons (Fsp3) is 1.00. The molecule has 0 aromatic rings. The number of nitrogens with zero attached hydrogens (tertiary/aromatic N) is 1. The van der Waals surface area contributed by atoms with Gasteiger partial charge in [-0.15, -0.1) is 0 Å². The molecule has 0 bridgehead atoms. The van der Waals surface area contributed by atoms with E-state index in [1.54, 1.807) is 0 Å². The summed E-state index contributed by atoms with van der Waals surface area (Å²) in [6.45, 7) is 1.39. The lowest BCUT2D eigenvalue weighted by Gasteiger charge is -2.12. The van der Waals surface area contributed by atoms with E-state index in [2.05, 4.69) is 4.72 Å². The Balaban J connectivity index is 2.03. The molecule has 1 heterocycles. The normalized spacial score (nSPS) is 21.8. The van der Waals surface area contributed by atoms with Crippen LogP contribution in [0.25, 0.3) is 0 Å². The van der Waals surface area contributed by atoms with Gasteiger partial charge in [0.2, 0.25) is 0 Å². The van der Waals surface area contributed by atoms with Crippen molar-refractivity contribution in [3.05, 3.63) is 0 Å². The van der Waals surface area contributed by atoms with E-state index in [-0.39, 0.29) is 0 Å². The van der Waals surface area contributed by atoms with E-state index in [1.165, 1.54) is 18.4 Å². The molecule has 1 rings (SSSR count). The smallest absolute Gasteiger partial charge is 0.278 e. The zero-order chi connectivity index (χ0) is 12.0. The molecule has 0 amide bonds. The van der Waals surface area contributed by atoms with Gasteiger partial charge in [-0.1, -0.05) is 0 Å². The van der Waals surface area contributed by atoms with Gasteiger partial charge in [-0.2, -0.15) is 12.7 Å². The lowest BCUT2D eigenvalue weighted by Crippen LogP contribution is -2.36. The number of nitrogens with one attached hydrogen (secondary N) is 1. The molecule has 0 spiro atoms. The summed E-state index contributed by atoms with van der Waals surface area (Å²) < 4.78 is 31.9. The lowest BCUT2D eigenvalue weighted by molar-refractivity contribution is 0.102. The van der Waals surface area contributed by atoms with Gasteiger partial charge in [0, 0.05) is 27.2 Å². The third-order valence-corrected chi connectivity index (χ3v) is 4.27. The van der Waals surface area contributed by atoms with Gasteiger partial charge in [-0.05, 0) is 32.1 Å². The van der Waals surface area contributed by atoms with Gasteiger partial charge < -0.3 is 4.74 Å². The van der Waals surface area contributed by atoms with Crippen molar-refractivity contribution in [3.63, 3.8) is 0 Å². The predicted molar refractivity (Wildman–Crippen MR) is 63.4 cm³/mol. The summed E-state index contributed by atoms with van der Waals surface area (Å²) in [4.78, 5) is 0. The van der Waals surface area contributed by atoms with Crippen molar-refractivity contribution in [1.29, 1.82) is 0 Å². The molecule has 0 aromatic carbocycles. The maximum atomic E-state index is 11.3. The molecule has 1 saturated heterocycles. The molecule has 96 valence electrons. The van der Waals surface area contributed by atoms with Gasteiger partial charge in [-0.25, -0.2) is 4.72 Å². The molecule has 1 N–H and O–H groups in total. The van der Waals surface area contributed by atoms with Gasteiger partial charge >= 0.3 is 0 Å². The van der Waals surface area contributed by atoms with Crippen molar-refractivity contribution in [1.82, 2.24) is 9.03 Å². The second kappa shape index (κ2) is 6.54. The van der Waals surface area contributed by atoms with Crippen LogP contribution >= 0.6 is 0 Å². The van der Waals surface area contributed by atoms with Crippen LogP contribution in [0, 0.1) is 0 Å². The number of hydrogen-bond donors (Lipinski definition) is 1. The first-order valence-corrected chi connectivity index (χ1v) is 7.25. The van der Waals surface area contributed by atoms with Crippen molar-refractivity contribution in [2.45, 2.75) is 38.2 Å². The molecule has 1 aliphatic heterocycles. The molecule has 5 nitrogen and oxygen atoms in total. The molecule has 6 heteroatoms. The Labute approximate surface area is 98.3 Å². The Bertz CT molecular complexity index is 284. The molecule has 0 radical (unpaired) electrons. The van der Waals surface area contributed by atoms with Gasteiger partial charge in [0.1, 0.15) is 0 Å². The fourth-order valence-electron chi connectivity index (χ4n) is 1.70. The average molecular weight is 250 g/mol. The summed E-state index contributed by atoms with van der Waals surface area (Å²) >= 11 is 0. The minimum absolute atomic E-state index is 0.408. The minimum atomic E-state index is -3.25. The van der Waals surface area contributed by atoms with E-state index in [0.717, 1.165) is 38.7 Å². The fourth-order valence-corrected chi connectivity index (χ4v) is 2.36. The van der Waals surface area contributed by atoms with Gasteiger partial charge in [0.05, 0.1) is 6.10 Å². The van der Waals surface area contributed by atoms with Crippen molar-refractivity contribution >= 4 is 10.2 Å². The minimum Gasteiger partial charge on any atom is -0.378 e. The molecule has 1 atom stereocenters. The summed E-state index contributed by atoms with van der Waals surface area (Å²) in [6, 6.07) is 0. The molecule has 1 aliphatic rings. The lowest BCUT2D eigenvalue weighted by atomic mass is 10.1. The van der Waals surface area contributed by atoms with Gasteiger partial charge in [0.25, 0.3) is 10.2 Å². The largest absolute Gasteiger partial charge is 0.378 e. The van der Waals surface area contributed by atoms with E-state index in [4.69, 9.17) is 4.74 Å². The third kappa shape index (κ3) is 4.78. The van der Waals surface area contributed by atoms with Crippen LogP contribution in [-0.2, 0) is 14.9 Å². The van der Waals surface area contributed by atoms with Gasteiger partial charge in [-0.3, -0.25) is 0 Å². The van der Waals surface area contributed by atoms with E-state index in [0.29, 0.717) is 12.6 Å².